The molecule has 0 aliphatic heterocycles. The minimum Gasteiger partial charge on any atom is -0.329 e. The van der Waals surface area contributed by atoms with Crippen LogP contribution in [0.3, 0.4) is 0 Å². The van der Waals surface area contributed by atoms with Gasteiger partial charge in [-0.2, -0.15) is 0 Å². The molecule has 0 bridgehead atoms. The molecule has 11 heavy (non-hydrogen) atoms. The van der Waals surface area contributed by atoms with Crippen LogP contribution >= 0.6 is 0 Å². The third-order valence-corrected chi connectivity index (χ3v) is 4.29. The van der Waals surface area contributed by atoms with Crippen LogP contribution in [0.5, 0.6) is 0 Å². The first-order chi connectivity index (χ1) is 4.84. The Balaban J connectivity index is 3.61. The summed E-state index contributed by atoms with van der Waals surface area (Å²) in [4.78, 5) is 0. The molecule has 68 valence electrons. The van der Waals surface area contributed by atoms with E-state index in [0.29, 0.717) is 11.7 Å². The van der Waals surface area contributed by atoms with Crippen LogP contribution in [0.1, 0.15) is 13.8 Å². The second kappa shape index (κ2) is 4.23. The molecule has 0 spiro atoms. The molecule has 0 aromatic carbocycles. The van der Waals surface area contributed by atoms with Gasteiger partial charge in [-0.3, -0.25) is 0 Å². The summed E-state index contributed by atoms with van der Waals surface area (Å²) in [6, 6.07) is 0.553. The van der Waals surface area contributed by atoms with E-state index < -0.39 is 8.07 Å². The molecule has 0 amide bonds. The lowest BCUT2D eigenvalue weighted by molar-refractivity contribution is 0.574. The molecule has 0 aliphatic carbocycles. The van der Waals surface area contributed by atoms with Crippen LogP contribution in [0.4, 0.5) is 0 Å². The second-order valence-corrected chi connectivity index (χ2v) is 10.0. The lowest BCUT2D eigenvalue weighted by atomic mass is 10.4. The third kappa shape index (κ3) is 5.41. The zero-order chi connectivity index (χ0) is 9.07. The Labute approximate surface area is 71.6 Å². The van der Waals surface area contributed by atoms with E-state index in [2.05, 4.69) is 38.8 Å². The topological polar surface area (TPSA) is 38.0 Å². The summed E-state index contributed by atoms with van der Waals surface area (Å²) in [5.74, 6) is 0. The lowest BCUT2D eigenvalue weighted by Crippen LogP contribution is -2.52. The average molecular weight is 174 g/mol. The summed E-state index contributed by atoms with van der Waals surface area (Å²) in [6.45, 7) is 12.2. The molecule has 0 heterocycles. The molecule has 0 rings (SSSR count). The maximum absolute atomic E-state index is 6.00. The average Bonchev–Trinajstić information content (AvgIpc) is 1.80. The Bertz CT molecular complexity index is 107. The van der Waals surface area contributed by atoms with Crippen molar-refractivity contribution in [2.75, 3.05) is 6.54 Å². The highest BCUT2D eigenvalue weighted by molar-refractivity contribution is 6.77. The van der Waals surface area contributed by atoms with Gasteiger partial charge < -0.3 is 11.1 Å². The van der Waals surface area contributed by atoms with Crippen LogP contribution in [0.25, 0.3) is 0 Å². The van der Waals surface area contributed by atoms with Gasteiger partial charge in [0, 0.05) is 18.3 Å². The smallest absolute Gasteiger partial charge is 0.0648 e. The molecule has 0 aromatic heterocycles. The number of nitrogens with two attached hydrogens (primary N) is 1. The molecule has 0 saturated heterocycles. The van der Waals surface area contributed by atoms with Crippen LogP contribution < -0.4 is 11.1 Å². The highest BCUT2D eigenvalue weighted by Crippen LogP contribution is 2.03. The fourth-order valence-electron chi connectivity index (χ4n) is 0.669. The maximum Gasteiger partial charge on any atom is 0.0648 e. The number of hydrogen-bond acceptors (Lipinski definition) is 2. The molecule has 0 saturated carbocycles. The maximum atomic E-state index is 6.00. The zero-order valence-electron chi connectivity index (χ0n) is 8.44. The zero-order valence-corrected chi connectivity index (χ0v) is 9.44. The molecule has 0 radical (unpaired) electrons. The first kappa shape index (κ1) is 11.1. The van der Waals surface area contributed by atoms with Gasteiger partial charge in [0.1, 0.15) is 0 Å². The summed E-state index contributed by atoms with van der Waals surface area (Å²) in [5, 5.41) is 3.36. The molecule has 0 aliphatic rings. The largest absolute Gasteiger partial charge is 0.329 e. The Morgan fingerprint density at radius 1 is 1.27 bits per heavy atom. The number of rotatable bonds is 4. The predicted molar refractivity (Wildman–Crippen MR) is 54.5 cm³/mol. The van der Waals surface area contributed by atoms with Crippen LogP contribution in [-0.2, 0) is 0 Å². The quantitative estimate of drug-likeness (QED) is 0.628. The van der Waals surface area contributed by atoms with Gasteiger partial charge in [-0.15, -0.1) is 0 Å². The Hall–Kier alpha value is 0.137. The number of hydrogen-bond donors (Lipinski definition) is 2. The molecule has 2 nitrogen and oxygen atoms in total. The lowest BCUT2D eigenvalue weighted by Gasteiger charge is -2.26. The highest BCUT2D eigenvalue weighted by Gasteiger charge is 2.22. The SMILES string of the molecule is CC(C)NC[C@H](N)[Si](C)(C)C. The van der Waals surface area contributed by atoms with Gasteiger partial charge in [0.05, 0.1) is 8.07 Å². The van der Waals surface area contributed by atoms with Crippen molar-refractivity contribution in [1.29, 1.82) is 0 Å². The first-order valence-electron chi connectivity index (χ1n) is 4.33. The van der Waals surface area contributed by atoms with Gasteiger partial charge in [0.2, 0.25) is 0 Å². The second-order valence-electron chi connectivity index (χ2n) is 4.54. The van der Waals surface area contributed by atoms with Gasteiger partial charge in [-0.05, 0) is 0 Å². The van der Waals surface area contributed by atoms with Crippen molar-refractivity contribution in [3.05, 3.63) is 0 Å². The normalized spacial score (nSPS) is 15.5. The van der Waals surface area contributed by atoms with Crippen LogP contribution in [0.2, 0.25) is 19.6 Å². The van der Waals surface area contributed by atoms with E-state index in [4.69, 9.17) is 5.73 Å². The van der Waals surface area contributed by atoms with E-state index in [9.17, 15) is 0 Å². The van der Waals surface area contributed by atoms with Crippen molar-refractivity contribution >= 4 is 8.07 Å². The Morgan fingerprint density at radius 2 is 1.73 bits per heavy atom. The third-order valence-electron chi connectivity index (χ3n) is 1.86. The van der Waals surface area contributed by atoms with Crippen LogP contribution in [0.15, 0.2) is 0 Å². The van der Waals surface area contributed by atoms with Gasteiger partial charge in [0.15, 0.2) is 0 Å². The molecule has 1 atom stereocenters. The minimum atomic E-state index is -1.11. The molecular formula is C8H22N2Si. The fourth-order valence-corrected chi connectivity index (χ4v) is 1.40. The predicted octanol–water partition coefficient (Wildman–Crippen LogP) is 1.19. The van der Waals surface area contributed by atoms with Crippen LogP contribution in [0, 0.1) is 0 Å². The van der Waals surface area contributed by atoms with Gasteiger partial charge in [-0.25, -0.2) is 0 Å². The van der Waals surface area contributed by atoms with Crippen molar-refractivity contribution < 1.29 is 0 Å². The van der Waals surface area contributed by atoms with Crippen molar-refractivity contribution in [2.45, 2.75) is 45.2 Å². The van der Waals surface area contributed by atoms with Crippen molar-refractivity contribution in [3.8, 4) is 0 Å². The first-order valence-corrected chi connectivity index (χ1v) is 7.90. The highest BCUT2D eigenvalue weighted by atomic mass is 28.3. The van der Waals surface area contributed by atoms with Crippen molar-refractivity contribution in [3.63, 3.8) is 0 Å². The summed E-state index contributed by atoms with van der Waals surface area (Å²) >= 11 is 0. The molecule has 0 aromatic rings. The fraction of sp³-hybridized carbons (Fsp3) is 1.00. The van der Waals surface area contributed by atoms with E-state index in [1.807, 2.05) is 0 Å². The summed E-state index contributed by atoms with van der Waals surface area (Å²) in [5.41, 5.74) is 6.38. The molecular weight excluding hydrogens is 152 g/mol. The Kier molecular flexibility index (Phi) is 4.29. The number of nitrogens with one attached hydrogen (secondary N) is 1. The van der Waals surface area contributed by atoms with E-state index in [1.54, 1.807) is 0 Å². The van der Waals surface area contributed by atoms with E-state index in [-0.39, 0.29) is 0 Å². The molecule has 0 unspecified atom stereocenters. The standard InChI is InChI=1S/C8H22N2Si/c1-7(2)10-6-8(9)11(3,4)5/h7-8,10H,6,9H2,1-5H3/t8-/m1/s1. The van der Waals surface area contributed by atoms with E-state index in [1.165, 1.54) is 0 Å². The molecule has 0 fully saturated rings. The van der Waals surface area contributed by atoms with Crippen molar-refractivity contribution in [1.82, 2.24) is 5.32 Å². The monoisotopic (exact) mass is 174 g/mol. The van der Waals surface area contributed by atoms with Gasteiger partial charge >= 0.3 is 0 Å². The molecule has 3 N–H and O–H groups in total. The summed E-state index contributed by atoms with van der Waals surface area (Å²) in [7, 11) is -1.11. The van der Waals surface area contributed by atoms with Gasteiger partial charge in [0.25, 0.3) is 0 Å². The summed E-state index contributed by atoms with van der Waals surface area (Å²) in [6.07, 6.45) is 0. The van der Waals surface area contributed by atoms with Crippen molar-refractivity contribution in [2.24, 2.45) is 5.73 Å². The molecule has 3 heteroatoms. The summed E-state index contributed by atoms with van der Waals surface area (Å²) < 4.78 is 0. The van der Waals surface area contributed by atoms with Gasteiger partial charge in [-0.1, -0.05) is 33.5 Å². The van der Waals surface area contributed by atoms with Crippen LogP contribution in [-0.4, -0.2) is 26.3 Å². The van der Waals surface area contributed by atoms with E-state index >= 15 is 0 Å². The Morgan fingerprint density at radius 3 is 2.00 bits per heavy atom. The minimum absolute atomic E-state index is 0.380. The van der Waals surface area contributed by atoms with E-state index in [0.717, 1.165) is 6.54 Å².